The average molecular weight is 731 g/mol. The highest BCUT2D eigenvalue weighted by Crippen LogP contribution is 2.53. The van der Waals surface area contributed by atoms with Gasteiger partial charge in [-0.25, -0.2) is 0 Å². The fraction of sp³-hybridized carbons (Fsp3) is 0.400. The molecule has 1 amide bonds. The molecule has 2 heterocycles. The fourth-order valence-electron chi connectivity index (χ4n) is 6.83. The first-order valence-corrected chi connectivity index (χ1v) is 18.1. The maximum absolute atomic E-state index is 13.0. The van der Waals surface area contributed by atoms with Gasteiger partial charge in [-0.05, 0) is 131 Å². The first-order valence-electron chi connectivity index (χ1n) is 16.9. The third-order valence-corrected chi connectivity index (χ3v) is 11.1. The number of amides is 1. The highest BCUT2D eigenvalue weighted by Gasteiger charge is 2.42. The normalized spacial score (nSPS) is 19.2. The van der Waals surface area contributed by atoms with Gasteiger partial charge in [-0.2, -0.15) is 0 Å². The smallest absolute Gasteiger partial charge is 0.309 e. The zero-order chi connectivity index (χ0) is 35.8. The van der Waals surface area contributed by atoms with Gasteiger partial charge in [0.15, 0.2) is 0 Å². The summed E-state index contributed by atoms with van der Waals surface area (Å²) in [7, 11) is 0. The SMILES string of the molecule is C.CC(C)(CCC(C)(C)C(=O)O)Oc1ccc(Oc2ccc(N3c4ccc(/C=C5\SC(=S)N(CCC(=O)O)C5=O)cc4C4CCCC43)cc2)cc1. The van der Waals surface area contributed by atoms with Crippen LogP contribution in [0.2, 0.25) is 0 Å². The van der Waals surface area contributed by atoms with Crippen molar-refractivity contribution in [2.45, 2.75) is 91.2 Å². The van der Waals surface area contributed by atoms with Crippen molar-refractivity contribution in [3.63, 3.8) is 0 Å². The predicted molar refractivity (Wildman–Crippen MR) is 206 cm³/mol. The van der Waals surface area contributed by atoms with E-state index >= 15 is 0 Å². The highest BCUT2D eigenvalue weighted by atomic mass is 32.2. The van der Waals surface area contributed by atoms with Crippen LogP contribution in [0.5, 0.6) is 17.2 Å². The van der Waals surface area contributed by atoms with E-state index < -0.39 is 23.0 Å². The van der Waals surface area contributed by atoms with Gasteiger partial charge < -0.3 is 24.6 Å². The molecule has 11 heteroatoms. The van der Waals surface area contributed by atoms with Crippen molar-refractivity contribution in [1.82, 2.24) is 4.90 Å². The summed E-state index contributed by atoms with van der Waals surface area (Å²) in [6.45, 7) is 7.47. The summed E-state index contributed by atoms with van der Waals surface area (Å²) in [5.74, 6) is 0.475. The van der Waals surface area contributed by atoms with Gasteiger partial charge in [0.1, 0.15) is 27.2 Å². The maximum atomic E-state index is 13.0. The number of carboxylic acids is 2. The first-order chi connectivity index (χ1) is 23.7. The van der Waals surface area contributed by atoms with Crippen LogP contribution in [0.4, 0.5) is 11.4 Å². The molecule has 1 aliphatic carbocycles. The van der Waals surface area contributed by atoms with E-state index in [4.69, 9.17) is 26.8 Å². The number of anilines is 2. The molecule has 0 aromatic heterocycles. The lowest BCUT2D eigenvalue weighted by Gasteiger charge is -2.30. The van der Waals surface area contributed by atoms with E-state index in [-0.39, 0.29) is 26.3 Å². The molecule has 3 aromatic carbocycles. The number of rotatable bonds is 13. The van der Waals surface area contributed by atoms with Crippen molar-refractivity contribution in [3.05, 3.63) is 82.8 Å². The number of fused-ring (bicyclic) bond motifs is 3. The molecule has 270 valence electrons. The second-order valence-corrected chi connectivity index (χ2v) is 16.1. The summed E-state index contributed by atoms with van der Waals surface area (Å²) in [5, 5.41) is 18.5. The Bertz CT molecular complexity index is 1840. The van der Waals surface area contributed by atoms with Crippen molar-refractivity contribution >= 4 is 63.6 Å². The Labute approximate surface area is 309 Å². The Morgan fingerprint density at radius 2 is 1.59 bits per heavy atom. The number of thioether (sulfide) groups is 1. The van der Waals surface area contributed by atoms with Crippen LogP contribution in [0.25, 0.3) is 6.08 Å². The Kier molecular flexibility index (Phi) is 11.2. The molecule has 6 rings (SSSR count). The number of benzene rings is 3. The van der Waals surface area contributed by atoms with E-state index in [1.54, 1.807) is 13.8 Å². The van der Waals surface area contributed by atoms with Crippen LogP contribution in [0, 0.1) is 5.41 Å². The molecule has 2 unspecified atom stereocenters. The molecule has 1 saturated heterocycles. The largest absolute Gasteiger partial charge is 0.488 e. The molecule has 3 aliphatic rings. The van der Waals surface area contributed by atoms with Crippen molar-refractivity contribution in [3.8, 4) is 17.2 Å². The molecular formula is C40H46N2O7S2. The first kappa shape index (κ1) is 37.9. The van der Waals surface area contributed by atoms with Gasteiger partial charge in [0.2, 0.25) is 0 Å². The Hall–Kier alpha value is -4.35. The molecule has 0 bridgehead atoms. The number of hydrogen-bond donors (Lipinski definition) is 2. The Morgan fingerprint density at radius 1 is 0.941 bits per heavy atom. The minimum Gasteiger partial charge on any atom is -0.488 e. The van der Waals surface area contributed by atoms with Crippen LogP contribution in [-0.2, 0) is 14.4 Å². The van der Waals surface area contributed by atoms with Crippen LogP contribution in [0.15, 0.2) is 71.6 Å². The van der Waals surface area contributed by atoms with E-state index in [9.17, 15) is 19.5 Å². The molecule has 2 N–H and O–H groups in total. The number of nitrogens with zero attached hydrogens (tertiary/aromatic N) is 2. The lowest BCUT2D eigenvalue weighted by Crippen LogP contribution is -2.32. The zero-order valence-corrected chi connectivity index (χ0v) is 30.3. The van der Waals surface area contributed by atoms with Gasteiger partial charge >= 0.3 is 11.9 Å². The molecule has 1 saturated carbocycles. The molecule has 3 aromatic rings. The summed E-state index contributed by atoms with van der Waals surface area (Å²) in [5.41, 5.74) is 3.14. The molecule has 2 atom stereocenters. The molecule has 51 heavy (non-hydrogen) atoms. The van der Waals surface area contributed by atoms with Crippen LogP contribution in [0.3, 0.4) is 0 Å². The Morgan fingerprint density at radius 3 is 2.24 bits per heavy atom. The van der Waals surface area contributed by atoms with Crippen molar-refractivity contribution in [1.29, 1.82) is 0 Å². The number of carbonyl (C=O) groups is 3. The number of hydrogen-bond acceptors (Lipinski definition) is 8. The molecular weight excluding hydrogens is 685 g/mol. The molecule has 0 radical (unpaired) electrons. The lowest BCUT2D eigenvalue weighted by molar-refractivity contribution is -0.147. The third kappa shape index (κ3) is 8.42. The van der Waals surface area contributed by atoms with Gasteiger partial charge in [-0.3, -0.25) is 19.3 Å². The van der Waals surface area contributed by atoms with E-state index in [0.717, 1.165) is 36.3 Å². The minimum absolute atomic E-state index is 0. The summed E-state index contributed by atoms with van der Waals surface area (Å²) in [4.78, 5) is 39.8. The summed E-state index contributed by atoms with van der Waals surface area (Å²) < 4.78 is 12.7. The molecule has 2 fully saturated rings. The van der Waals surface area contributed by atoms with Crippen LogP contribution in [0.1, 0.15) is 90.7 Å². The predicted octanol–water partition coefficient (Wildman–Crippen LogP) is 9.63. The van der Waals surface area contributed by atoms with Gasteiger partial charge in [0, 0.05) is 29.9 Å². The van der Waals surface area contributed by atoms with Gasteiger partial charge in [-0.15, -0.1) is 0 Å². The van der Waals surface area contributed by atoms with Crippen LogP contribution >= 0.6 is 24.0 Å². The van der Waals surface area contributed by atoms with Crippen molar-refractivity contribution < 1.29 is 34.1 Å². The van der Waals surface area contributed by atoms with Gasteiger partial charge in [-0.1, -0.05) is 43.9 Å². The zero-order valence-electron chi connectivity index (χ0n) is 28.7. The number of carboxylic acid groups (broad SMARTS) is 2. The summed E-state index contributed by atoms with van der Waals surface area (Å²) in [6.07, 6.45) is 6.17. The van der Waals surface area contributed by atoms with Gasteiger partial charge in [0.25, 0.3) is 5.91 Å². The highest BCUT2D eigenvalue weighted by molar-refractivity contribution is 8.26. The maximum Gasteiger partial charge on any atom is 0.309 e. The molecule has 2 aliphatic heterocycles. The minimum atomic E-state index is -0.964. The van der Waals surface area contributed by atoms with E-state index in [0.29, 0.717) is 45.5 Å². The van der Waals surface area contributed by atoms with Gasteiger partial charge in [0.05, 0.1) is 16.7 Å². The standard InChI is InChI=1S/C39H42N2O7S2.CH4/c1-38(2,36(45)46)19-20-39(3,4)48-28-15-13-27(14-16-28)47-26-11-9-25(10-12-26)41-31-7-5-6-29(31)30-22-24(8-17-32(30)41)23-33-35(44)40(37(49)50-33)21-18-34(42)43;/h8-17,22-23,29,31H,5-7,18-21H2,1-4H3,(H,42,43)(H,45,46);1H4/b33-23-;. The topological polar surface area (TPSA) is 117 Å². The fourth-order valence-corrected chi connectivity index (χ4v) is 8.14. The number of ether oxygens (including phenoxy) is 2. The Balaban J connectivity index is 0.00000504. The second kappa shape index (κ2) is 15.1. The molecule has 0 spiro atoms. The van der Waals surface area contributed by atoms with Crippen molar-refractivity contribution in [2.24, 2.45) is 5.41 Å². The van der Waals surface area contributed by atoms with Crippen LogP contribution < -0.4 is 14.4 Å². The third-order valence-electron chi connectivity index (χ3n) is 9.74. The summed E-state index contributed by atoms with van der Waals surface area (Å²) >= 11 is 6.58. The number of carbonyl (C=O) groups excluding carboxylic acids is 1. The average Bonchev–Trinajstić information content (AvgIpc) is 3.73. The lowest BCUT2D eigenvalue weighted by atomic mass is 9.84. The monoisotopic (exact) mass is 730 g/mol. The quantitative estimate of drug-likeness (QED) is 0.130. The van der Waals surface area contributed by atoms with E-state index in [1.807, 2.05) is 62.4 Å². The second-order valence-electron chi connectivity index (χ2n) is 14.4. The number of aliphatic carboxylic acids is 2. The molecule has 9 nitrogen and oxygen atoms in total. The van der Waals surface area contributed by atoms with E-state index in [1.165, 1.54) is 27.9 Å². The summed E-state index contributed by atoms with van der Waals surface area (Å²) in [6, 6.07) is 22.3. The number of thiocarbonyl (C=S) groups is 1. The van der Waals surface area contributed by atoms with Crippen LogP contribution in [-0.4, -0.2) is 55.5 Å². The van der Waals surface area contributed by atoms with E-state index in [2.05, 4.69) is 29.2 Å². The van der Waals surface area contributed by atoms with Crippen molar-refractivity contribution in [2.75, 3.05) is 11.4 Å².